The minimum Gasteiger partial charge on any atom is -0.373 e. The van der Waals surface area contributed by atoms with Crippen molar-refractivity contribution in [1.82, 2.24) is 5.32 Å². The normalized spacial score (nSPS) is 25.4. The molecule has 0 amide bonds. The predicted octanol–water partition coefficient (Wildman–Crippen LogP) is 2.43. The number of benzene rings is 1. The Balaban J connectivity index is 1.64. The van der Waals surface area contributed by atoms with Gasteiger partial charge in [0.25, 0.3) is 0 Å². The van der Waals surface area contributed by atoms with E-state index in [2.05, 4.69) is 10.3 Å². The van der Waals surface area contributed by atoms with E-state index in [1.165, 1.54) is 37.1 Å². The molecular weight excluding hydrogens is 243 g/mol. The molecule has 3 nitrogen and oxygen atoms in total. The van der Waals surface area contributed by atoms with Crippen molar-refractivity contribution >= 4 is 11.6 Å². The molecule has 1 aliphatic heterocycles. The van der Waals surface area contributed by atoms with Crippen LogP contribution in [-0.2, 0) is 0 Å². The molecule has 100 valence electrons. The van der Waals surface area contributed by atoms with Gasteiger partial charge in [0.15, 0.2) is 5.78 Å². The minimum absolute atomic E-state index is 0.0134. The van der Waals surface area contributed by atoms with Crippen LogP contribution in [0.5, 0.6) is 0 Å². The van der Waals surface area contributed by atoms with Crippen molar-refractivity contribution in [3.63, 3.8) is 0 Å². The molecule has 2 atom stereocenters. The number of amidine groups is 1. The fourth-order valence-corrected chi connectivity index (χ4v) is 2.69. The molecule has 1 aromatic carbocycles. The fraction of sp³-hybridized carbons (Fsp3) is 0.467. The maximum atomic E-state index is 12.8. The average molecular weight is 260 g/mol. The van der Waals surface area contributed by atoms with E-state index in [0.717, 1.165) is 24.8 Å². The zero-order valence-corrected chi connectivity index (χ0v) is 10.7. The van der Waals surface area contributed by atoms with Crippen molar-refractivity contribution in [1.29, 1.82) is 0 Å². The van der Waals surface area contributed by atoms with E-state index in [1.807, 2.05) is 0 Å². The van der Waals surface area contributed by atoms with Gasteiger partial charge < -0.3 is 5.32 Å². The predicted molar refractivity (Wildman–Crippen MR) is 71.9 cm³/mol. The minimum atomic E-state index is -0.321. The van der Waals surface area contributed by atoms with Crippen molar-refractivity contribution in [3.05, 3.63) is 35.6 Å². The lowest BCUT2D eigenvalue weighted by molar-refractivity contribution is 0.0999. The van der Waals surface area contributed by atoms with E-state index in [1.54, 1.807) is 0 Å². The molecule has 0 spiro atoms. The van der Waals surface area contributed by atoms with Crippen LogP contribution in [0.4, 0.5) is 4.39 Å². The number of carbonyl (C=O) groups is 1. The van der Waals surface area contributed by atoms with Crippen molar-refractivity contribution in [2.45, 2.75) is 19.3 Å². The summed E-state index contributed by atoms with van der Waals surface area (Å²) in [5.74, 6) is 1.87. The molecule has 0 aromatic heterocycles. The van der Waals surface area contributed by atoms with Gasteiger partial charge in [-0.25, -0.2) is 4.39 Å². The molecule has 1 N–H and O–H groups in total. The number of hydrogen-bond donors (Lipinski definition) is 1. The highest BCUT2D eigenvalue weighted by Gasteiger charge is 2.32. The van der Waals surface area contributed by atoms with Crippen LogP contribution in [0.2, 0.25) is 0 Å². The zero-order chi connectivity index (χ0) is 13.2. The Morgan fingerprint density at radius 1 is 1.26 bits per heavy atom. The number of aliphatic imine (C=N–C) groups is 1. The summed E-state index contributed by atoms with van der Waals surface area (Å²) < 4.78 is 12.8. The van der Waals surface area contributed by atoms with Gasteiger partial charge in [0, 0.05) is 18.7 Å². The lowest BCUT2D eigenvalue weighted by Crippen LogP contribution is -2.36. The Morgan fingerprint density at radius 3 is 2.68 bits per heavy atom. The summed E-state index contributed by atoms with van der Waals surface area (Å²) >= 11 is 0. The first kappa shape index (κ1) is 12.3. The summed E-state index contributed by atoms with van der Waals surface area (Å²) in [4.78, 5) is 16.6. The lowest BCUT2D eigenvalue weighted by Gasteiger charge is -2.33. The highest BCUT2D eigenvalue weighted by molar-refractivity contribution is 6.09. The average Bonchev–Trinajstić information content (AvgIpc) is 2.50. The summed E-state index contributed by atoms with van der Waals surface area (Å²) in [5.41, 5.74) is 0.540. The summed E-state index contributed by atoms with van der Waals surface area (Å²) in [6.07, 6.45) is 2.81. The standard InChI is InChI=1S/C15H17FN2O/c16-13-5-3-10(4-6-13)14(19)7-15-17-8-11-1-2-12(11)9-18-15/h3-6,11-12H,1-2,7-9H2,(H,17,18). The summed E-state index contributed by atoms with van der Waals surface area (Å²) in [6, 6.07) is 5.68. The third-order valence-corrected chi connectivity index (χ3v) is 4.15. The Labute approximate surface area is 111 Å². The number of nitrogens with one attached hydrogen (secondary N) is 1. The van der Waals surface area contributed by atoms with Gasteiger partial charge in [0.05, 0.1) is 6.42 Å². The topological polar surface area (TPSA) is 41.5 Å². The zero-order valence-electron chi connectivity index (χ0n) is 10.7. The van der Waals surface area contributed by atoms with Crippen molar-refractivity contribution in [3.8, 4) is 0 Å². The van der Waals surface area contributed by atoms with Crippen LogP contribution < -0.4 is 5.32 Å². The molecule has 0 saturated heterocycles. The van der Waals surface area contributed by atoms with Gasteiger partial charge in [0.1, 0.15) is 11.7 Å². The first-order valence-corrected chi connectivity index (χ1v) is 6.78. The van der Waals surface area contributed by atoms with E-state index in [-0.39, 0.29) is 18.0 Å². The van der Waals surface area contributed by atoms with Gasteiger partial charge >= 0.3 is 0 Å². The van der Waals surface area contributed by atoms with Crippen LogP contribution in [0.15, 0.2) is 29.3 Å². The van der Waals surface area contributed by atoms with Gasteiger partial charge in [-0.1, -0.05) is 0 Å². The van der Waals surface area contributed by atoms with Crippen molar-refractivity contribution in [2.75, 3.05) is 13.1 Å². The molecule has 19 heavy (non-hydrogen) atoms. The van der Waals surface area contributed by atoms with E-state index in [4.69, 9.17) is 0 Å². The Hall–Kier alpha value is -1.71. The number of fused-ring (bicyclic) bond motifs is 1. The SMILES string of the molecule is O=C(CC1=NCC2CCC2CN1)c1ccc(F)cc1. The molecule has 0 radical (unpaired) electrons. The molecule has 0 bridgehead atoms. The Kier molecular flexibility index (Phi) is 3.32. The van der Waals surface area contributed by atoms with Crippen LogP contribution >= 0.6 is 0 Å². The number of rotatable bonds is 3. The molecule has 3 rings (SSSR count). The lowest BCUT2D eigenvalue weighted by atomic mass is 9.74. The van der Waals surface area contributed by atoms with Crippen LogP contribution in [0, 0.1) is 17.7 Å². The quantitative estimate of drug-likeness (QED) is 0.848. The maximum absolute atomic E-state index is 12.8. The number of carbonyl (C=O) groups excluding carboxylic acids is 1. The van der Waals surface area contributed by atoms with Crippen LogP contribution in [0.1, 0.15) is 29.6 Å². The molecule has 1 heterocycles. The second-order valence-corrected chi connectivity index (χ2v) is 5.37. The second-order valence-electron chi connectivity index (χ2n) is 5.37. The molecule has 1 fully saturated rings. The highest BCUT2D eigenvalue weighted by atomic mass is 19.1. The summed E-state index contributed by atoms with van der Waals surface area (Å²) in [5, 5.41) is 3.28. The van der Waals surface area contributed by atoms with Crippen molar-refractivity contribution < 1.29 is 9.18 Å². The van der Waals surface area contributed by atoms with Gasteiger partial charge in [-0.2, -0.15) is 0 Å². The van der Waals surface area contributed by atoms with Crippen molar-refractivity contribution in [2.24, 2.45) is 16.8 Å². The highest BCUT2D eigenvalue weighted by Crippen LogP contribution is 2.34. The van der Waals surface area contributed by atoms with E-state index in [9.17, 15) is 9.18 Å². The van der Waals surface area contributed by atoms with Crippen LogP contribution in [-0.4, -0.2) is 24.7 Å². The third kappa shape index (κ3) is 2.67. The molecule has 2 aliphatic rings. The van der Waals surface area contributed by atoms with Crippen LogP contribution in [0.3, 0.4) is 0 Å². The van der Waals surface area contributed by atoms with E-state index < -0.39 is 0 Å². The summed E-state index contributed by atoms with van der Waals surface area (Å²) in [6.45, 7) is 1.77. The first-order chi connectivity index (χ1) is 9.22. The number of ketones is 1. The molecule has 2 unspecified atom stereocenters. The van der Waals surface area contributed by atoms with E-state index >= 15 is 0 Å². The molecular formula is C15H17FN2O. The molecule has 4 heteroatoms. The third-order valence-electron chi connectivity index (χ3n) is 4.15. The fourth-order valence-electron chi connectivity index (χ4n) is 2.69. The Morgan fingerprint density at radius 2 is 2.00 bits per heavy atom. The monoisotopic (exact) mass is 260 g/mol. The smallest absolute Gasteiger partial charge is 0.170 e. The molecule has 1 aromatic rings. The van der Waals surface area contributed by atoms with Gasteiger partial charge in [-0.15, -0.1) is 0 Å². The molecule has 1 aliphatic carbocycles. The Bertz CT molecular complexity index is 509. The van der Waals surface area contributed by atoms with Gasteiger partial charge in [-0.3, -0.25) is 9.79 Å². The summed E-state index contributed by atoms with van der Waals surface area (Å²) in [7, 11) is 0. The second kappa shape index (κ2) is 5.11. The number of halogens is 1. The molecule has 1 saturated carbocycles. The largest absolute Gasteiger partial charge is 0.373 e. The van der Waals surface area contributed by atoms with Crippen LogP contribution in [0.25, 0.3) is 0 Å². The van der Waals surface area contributed by atoms with E-state index in [0.29, 0.717) is 11.5 Å². The number of Topliss-reactive ketones (excluding diaryl/α,β-unsaturated/α-hetero) is 1. The number of nitrogens with zero attached hydrogens (tertiary/aromatic N) is 1. The number of hydrogen-bond acceptors (Lipinski definition) is 3. The maximum Gasteiger partial charge on any atom is 0.170 e. The van der Waals surface area contributed by atoms with Gasteiger partial charge in [0.2, 0.25) is 0 Å². The first-order valence-electron chi connectivity index (χ1n) is 6.78. The van der Waals surface area contributed by atoms with Gasteiger partial charge in [-0.05, 0) is 48.9 Å².